The predicted molar refractivity (Wildman–Crippen MR) is 128 cm³/mol. The van der Waals surface area contributed by atoms with Crippen molar-refractivity contribution in [1.29, 1.82) is 0 Å². The van der Waals surface area contributed by atoms with Crippen molar-refractivity contribution in [3.05, 3.63) is 88.7 Å². The number of carbonyl (C=O) groups excluding carboxylic acids is 1. The Hall–Kier alpha value is -2.94. The van der Waals surface area contributed by atoms with Gasteiger partial charge in [0.05, 0.1) is 27.2 Å². The maximum atomic E-state index is 13.8. The van der Waals surface area contributed by atoms with Crippen molar-refractivity contribution < 1.29 is 13.9 Å². The lowest BCUT2D eigenvalue weighted by Crippen LogP contribution is -2.19. The van der Waals surface area contributed by atoms with Gasteiger partial charge in [-0.1, -0.05) is 41.6 Å². The number of rotatable bonds is 8. The number of halogens is 2. The molecule has 4 aromatic rings. The molecule has 162 valence electrons. The molecular formula is C23H17ClFN3O2S2. The largest absolute Gasteiger partial charge is 0.489 e. The van der Waals surface area contributed by atoms with E-state index in [9.17, 15) is 9.18 Å². The van der Waals surface area contributed by atoms with Gasteiger partial charge < -0.3 is 4.74 Å². The lowest BCUT2D eigenvalue weighted by Gasteiger charge is -2.08. The van der Waals surface area contributed by atoms with Crippen molar-refractivity contribution in [2.45, 2.75) is 10.9 Å². The Bertz CT molecular complexity index is 1210. The Labute approximate surface area is 197 Å². The molecular weight excluding hydrogens is 469 g/mol. The van der Waals surface area contributed by atoms with Crippen LogP contribution in [0, 0.1) is 5.82 Å². The quantitative estimate of drug-likeness (QED) is 0.191. The standard InChI is InChI=1S/C23H17ClFN3O2S2/c24-18-4-3-5-19(25)17(18)13-30-16-10-8-15(9-11-16)12-26-28-22(29)14-31-23-27-20-6-1-2-7-21(20)32-23/h1-12H,13-14H2,(H,28,29)/b26-12+. The summed E-state index contributed by atoms with van der Waals surface area (Å²) in [5, 5.41) is 4.31. The number of fused-ring (bicyclic) bond motifs is 1. The zero-order chi connectivity index (χ0) is 22.3. The Morgan fingerprint density at radius 1 is 1.16 bits per heavy atom. The fraction of sp³-hybridized carbons (Fsp3) is 0.0870. The second-order valence-electron chi connectivity index (χ2n) is 6.59. The molecule has 5 nitrogen and oxygen atoms in total. The summed E-state index contributed by atoms with van der Waals surface area (Å²) < 4.78 is 21.3. The minimum atomic E-state index is -0.404. The van der Waals surface area contributed by atoms with E-state index in [4.69, 9.17) is 16.3 Å². The Morgan fingerprint density at radius 3 is 2.75 bits per heavy atom. The van der Waals surface area contributed by atoms with Crippen LogP contribution < -0.4 is 10.2 Å². The summed E-state index contributed by atoms with van der Waals surface area (Å²) in [5.74, 6) is 0.172. The number of thioether (sulfide) groups is 1. The molecule has 9 heteroatoms. The van der Waals surface area contributed by atoms with Crippen molar-refractivity contribution in [3.63, 3.8) is 0 Å². The molecule has 0 atom stereocenters. The number of nitrogens with one attached hydrogen (secondary N) is 1. The predicted octanol–water partition coefficient (Wildman–Crippen LogP) is 5.91. The molecule has 0 bridgehead atoms. The number of hydrogen-bond donors (Lipinski definition) is 1. The van der Waals surface area contributed by atoms with Crippen LogP contribution in [-0.2, 0) is 11.4 Å². The van der Waals surface area contributed by atoms with Gasteiger partial charge in [-0.2, -0.15) is 5.10 Å². The highest BCUT2D eigenvalue weighted by atomic mass is 35.5. The van der Waals surface area contributed by atoms with Gasteiger partial charge in [0.1, 0.15) is 18.2 Å². The molecule has 32 heavy (non-hydrogen) atoms. The van der Waals surface area contributed by atoms with Crippen LogP contribution in [0.1, 0.15) is 11.1 Å². The topological polar surface area (TPSA) is 63.6 Å². The lowest BCUT2D eigenvalue weighted by atomic mass is 10.2. The van der Waals surface area contributed by atoms with E-state index in [1.54, 1.807) is 47.7 Å². The lowest BCUT2D eigenvalue weighted by molar-refractivity contribution is -0.118. The summed E-state index contributed by atoms with van der Waals surface area (Å²) in [6.45, 7) is 0.0291. The van der Waals surface area contributed by atoms with E-state index in [1.807, 2.05) is 24.3 Å². The molecule has 0 spiro atoms. The molecule has 0 fully saturated rings. The van der Waals surface area contributed by atoms with Crippen LogP contribution in [0.25, 0.3) is 10.2 Å². The fourth-order valence-corrected chi connectivity index (χ4v) is 4.81. The van der Waals surface area contributed by atoms with Crippen LogP contribution in [0.5, 0.6) is 5.75 Å². The maximum absolute atomic E-state index is 13.8. The first kappa shape index (κ1) is 22.3. The highest BCUT2D eigenvalue weighted by Gasteiger charge is 2.08. The molecule has 0 radical (unpaired) electrons. The Balaban J connectivity index is 1.24. The smallest absolute Gasteiger partial charge is 0.250 e. The molecule has 0 saturated carbocycles. The summed E-state index contributed by atoms with van der Waals surface area (Å²) in [5.41, 5.74) is 4.53. The summed E-state index contributed by atoms with van der Waals surface area (Å²) in [4.78, 5) is 16.5. The van der Waals surface area contributed by atoms with Gasteiger partial charge in [-0.25, -0.2) is 14.8 Å². The zero-order valence-electron chi connectivity index (χ0n) is 16.6. The van der Waals surface area contributed by atoms with Gasteiger partial charge in [0, 0.05) is 5.56 Å². The first-order valence-electron chi connectivity index (χ1n) is 9.54. The molecule has 1 heterocycles. The van der Waals surface area contributed by atoms with E-state index in [0.717, 1.165) is 20.1 Å². The number of hydrogen-bond acceptors (Lipinski definition) is 6. The molecule has 0 saturated heterocycles. The number of nitrogens with zero attached hydrogens (tertiary/aromatic N) is 2. The summed E-state index contributed by atoms with van der Waals surface area (Å²) >= 11 is 8.94. The Kier molecular flexibility index (Phi) is 7.36. The molecule has 1 aromatic heterocycles. The number of amides is 1. The van der Waals surface area contributed by atoms with Crippen molar-refractivity contribution in [3.8, 4) is 5.75 Å². The molecule has 3 aromatic carbocycles. The average Bonchev–Trinajstić information content (AvgIpc) is 3.21. The van der Waals surface area contributed by atoms with Crippen molar-refractivity contribution in [1.82, 2.24) is 10.4 Å². The molecule has 0 aliphatic heterocycles. The fourth-order valence-electron chi connectivity index (χ4n) is 2.73. The van der Waals surface area contributed by atoms with E-state index < -0.39 is 5.82 Å². The van der Waals surface area contributed by atoms with E-state index in [1.165, 1.54) is 24.0 Å². The highest BCUT2D eigenvalue weighted by molar-refractivity contribution is 8.01. The summed E-state index contributed by atoms with van der Waals surface area (Å²) in [7, 11) is 0. The van der Waals surface area contributed by atoms with E-state index in [2.05, 4.69) is 15.5 Å². The van der Waals surface area contributed by atoms with Crippen LogP contribution >= 0.6 is 34.7 Å². The molecule has 1 N–H and O–H groups in total. The number of ether oxygens (including phenoxy) is 1. The average molecular weight is 486 g/mol. The van der Waals surface area contributed by atoms with E-state index in [-0.39, 0.29) is 18.3 Å². The van der Waals surface area contributed by atoms with Gasteiger partial charge in [0.15, 0.2) is 4.34 Å². The number of thiazole rings is 1. The SMILES string of the molecule is O=C(CSc1nc2ccccc2s1)N/N=C/c1ccc(OCc2c(F)cccc2Cl)cc1. The van der Waals surface area contributed by atoms with Crippen LogP contribution in [0.2, 0.25) is 5.02 Å². The highest BCUT2D eigenvalue weighted by Crippen LogP contribution is 2.29. The van der Waals surface area contributed by atoms with Gasteiger partial charge in [0.25, 0.3) is 5.91 Å². The molecule has 0 aliphatic carbocycles. The third-order valence-electron chi connectivity index (χ3n) is 4.33. The van der Waals surface area contributed by atoms with Gasteiger partial charge in [-0.05, 0) is 54.1 Å². The second kappa shape index (κ2) is 10.6. The number of hydrazone groups is 1. The second-order valence-corrected chi connectivity index (χ2v) is 9.25. The molecule has 0 aliphatic rings. The zero-order valence-corrected chi connectivity index (χ0v) is 19.0. The third-order valence-corrected chi connectivity index (χ3v) is 6.86. The van der Waals surface area contributed by atoms with Gasteiger partial charge in [-0.15, -0.1) is 11.3 Å². The van der Waals surface area contributed by atoms with Gasteiger partial charge in [0.2, 0.25) is 0 Å². The maximum Gasteiger partial charge on any atom is 0.250 e. The minimum absolute atomic E-state index is 0.0291. The molecule has 0 unspecified atom stereocenters. The van der Waals surface area contributed by atoms with Crippen LogP contribution in [0.15, 0.2) is 76.2 Å². The monoisotopic (exact) mass is 485 g/mol. The van der Waals surface area contributed by atoms with Crippen molar-refractivity contribution >= 4 is 57.0 Å². The van der Waals surface area contributed by atoms with E-state index in [0.29, 0.717) is 16.3 Å². The van der Waals surface area contributed by atoms with Gasteiger partial charge >= 0.3 is 0 Å². The third kappa shape index (κ3) is 5.85. The number of carbonyl (C=O) groups is 1. The van der Waals surface area contributed by atoms with Crippen molar-refractivity contribution in [2.24, 2.45) is 5.10 Å². The van der Waals surface area contributed by atoms with Crippen LogP contribution in [-0.4, -0.2) is 22.9 Å². The van der Waals surface area contributed by atoms with Crippen LogP contribution in [0.3, 0.4) is 0 Å². The number of benzene rings is 3. The Morgan fingerprint density at radius 2 is 1.97 bits per heavy atom. The van der Waals surface area contributed by atoms with Gasteiger partial charge in [-0.3, -0.25) is 4.79 Å². The summed E-state index contributed by atoms with van der Waals surface area (Å²) in [6.07, 6.45) is 1.54. The number of para-hydroxylation sites is 1. The first-order chi connectivity index (χ1) is 15.6. The summed E-state index contributed by atoms with van der Waals surface area (Å²) in [6, 6.07) is 19.4. The normalized spacial score (nSPS) is 11.2. The van der Waals surface area contributed by atoms with Crippen LogP contribution in [0.4, 0.5) is 4.39 Å². The first-order valence-corrected chi connectivity index (χ1v) is 11.7. The molecule has 1 amide bonds. The van der Waals surface area contributed by atoms with Crippen molar-refractivity contribution in [2.75, 3.05) is 5.75 Å². The number of aromatic nitrogens is 1. The molecule has 4 rings (SSSR count). The van der Waals surface area contributed by atoms with E-state index >= 15 is 0 Å². The minimum Gasteiger partial charge on any atom is -0.489 e.